The minimum Gasteiger partial charge on any atom is -0.390 e. The zero-order valence-corrected chi connectivity index (χ0v) is 5.02. The van der Waals surface area contributed by atoms with Crippen molar-refractivity contribution in [1.29, 1.82) is 0 Å². The minimum atomic E-state index is 0.380. The summed E-state index contributed by atoms with van der Waals surface area (Å²) >= 11 is 0. The molecule has 1 radical (unpaired) electrons. The molecule has 0 aromatic heterocycles. The second kappa shape index (κ2) is 4.13. The van der Waals surface area contributed by atoms with Crippen LogP contribution >= 0.6 is 0 Å². The monoisotopic (exact) mass is 101 g/mol. The highest BCUT2D eigenvalue weighted by Crippen LogP contribution is 2.04. The highest BCUT2D eigenvalue weighted by atomic mass is 16.3. The number of aliphatic hydroxyl groups is 1. The predicted octanol–water partition coefficient (Wildman–Crippen LogP) is 1.96. The Bertz CT molecular complexity index is 35.2. The summed E-state index contributed by atoms with van der Waals surface area (Å²) in [6.07, 6.45) is 2.24. The number of rotatable bonds is 3. The molecule has 0 amide bonds. The lowest BCUT2D eigenvalue weighted by Crippen LogP contribution is -1.91. The molecule has 0 unspecified atom stereocenters. The second-order valence-corrected chi connectivity index (χ2v) is 1.92. The van der Waals surface area contributed by atoms with Gasteiger partial charge in [-0.15, -0.1) is 0 Å². The summed E-state index contributed by atoms with van der Waals surface area (Å²) in [5, 5.41) is 8.34. The number of hydrogen-bond acceptors (Lipinski definition) is 1. The maximum absolute atomic E-state index is 8.34. The van der Waals surface area contributed by atoms with Crippen molar-refractivity contribution in [3.05, 3.63) is 6.61 Å². The van der Waals surface area contributed by atoms with Gasteiger partial charge in [-0.1, -0.05) is 20.3 Å². The summed E-state index contributed by atoms with van der Waals surface area (Å²) in [7, 11) is 0. The molecule has 0 saturated heterocycles. The second-order valence-electron chi connectivity index (χ2n) is 1.92. The van der Waals surface area contributed by atoms with E-state index in [9.17, 15) is 0 Å². The van der Waals surface area contributed by atoms with E-state index < -0.39 is 0 Å². The Morgan fingerprint density at radius 3 is 2.43 bits per heavy atom. The third-order valence-corrected chi connectivity index (χ3v) is 0.998. The van der Waals surface area contributed by atoms with Gasteiger partial charge in [0.05, 0.1) is 6.61 Å². The van der Waals surface area contributed by atoms with E-state index in [4.69, 9.17) is 5.11 Å². The molecule has 0 saturated carbocycles. The summed E-state index contributed by atoms with van der Waals surface area (Å²) in [6.45, 7) is 5.37. The first kappa shape index (κ1) is 6.96. The van der Waals surface area contributed by atoms with Gasteiger partial charge in [-0.3, -0.25) is 0 Å². The number of hydrogen-bond donors (Lipinski definition) is 1. The molecule has 1 nitrogen and oxygen atoms in total. The third-order valence-electron chi connectivity index (χ3n) is 0.998. The molecule has 0 aliphatic carbocycles. The Morgan fingerprint density at radius 1 is 1.71 bits per heavy atom. The molecule has 43 valence electrons. The van der Waals surface area contributed by atoms with Crippen molar-refractivity contribution >= 4 is 0 Å². The van der Waals surface area contributed by atoms with Crippen molar-refractivity contribution in [2.24, 2.45) is 5.92 Å². The van der Waals surface area contributed by atoms with Gasteiger partial charge in [0.1, 0.15) is 0 Å². The third kappa shape index (κ3) is 3.80. The van der Waals surface area contributed by atoms with Crippen molar-refractivity contribution in [3.8, 4) is 0 Å². The maximum atomic E-state index is 8.34. The molecule has 7 heavy (non-hydrogen) atoms. The minimum absolute atomic E-state index is 0.380. The van der Waals surface area contributed by atoms with Crippen molar-refractivity contribution in [3.63, 3.8) is 0 Å². The fourth-order valence-electron chi connectivity index (χ4n) is 0.530. The van der Waals surface area contributed by atoms with E-state index in [-0.39, 0.29) is 0 Å². The van der Waals surface area contributed by atoms with Crippen LogP contribution in [0.2, 0.25) is 0 Å². The first-order chi connectivity index (χ1) is 3.31. The van der Waals surface area contributed by atoms with Crippen LogP contribution < -0.4 is 0 Å². The van der Waals surface area contributed by atoms with Gasteiger partial charge in [-0.05, 0) is 12.3 Å². The van der Waals surface area contributed by atoms with Crippen LogP contribution in [-0.2, 0) is 0 Å². The summed E-state index contributed by atoms with van der Waals surface area (Å²) in [4.78, 5) is 0. The molecule has 0 rings (SSSR count). The lowest BCUT2D eigenvalue weighted by atomic mass is 10.1. The largest absolute Gasteiger partial charge is 0.390 e. The first-order valence-electron chi connectivity index (χ1n) is 2.78. The highest BCUT2D eigenvalue weighted by Gasteiger charge is 1.94. The quantitative estimate of drug-likeness (QED) is 0.576. The summed E-state index contributed by atoms with van der Waals surface area (Å²) in [5.74, 6) is 0.380. The van der Waals surface area contributed by atoms with Crippen LogP contribution in [-0.4, -0.2) is 5.11 Å². The Morgan fingerprint density at radius 2 is 2.29 bits per heavy atom. The van der Waals surface area contributed by atoms with Crippen LogP contribution in [0.3, 0.4) is 0 Å². The van der Waals surface area contributed by atoms with E-state index in [0.717, 1.165) is 12.8 Å². The molecule has 0 bridgehead atoms. The molecule has 0 aliphatic rings. The van der Waals surface area contributed by atoms with E-state index >= 15 is 0 Å². The van der Waals surface area contributed by atoms with E-state index in [2.05, 4.69) is 6.92 Å². The van der Waals surface area contributed by atoms with Crippen molar-refractivity contribution in [2.75, 3.05) is 0 Å². The fraction of sp³-hybridized carbons (Fsp3) is 0.833. The van der Waals surface area contributed by atoms with Gasteiger partial charge in [-0.2, -0.15) is 0 Å². The van der Waals surface area contributed by atoms with Crippen molar-refractivity contribution in [1.82, 2.24) is 0 Å². The van der Waals surface area contributed by atoms with Gasteiger partial charge in [0.15, 0.2) is 0 Å². The van der Waals surface area contributed by atoms with Gasteiger partial charge in [0.2, 0.25) is 0 Å². The van der Waals surface area contributed by atoms with E-state index in [0.29, 0.717) is 5.92 Å². The molecular formula is C6H13O. The molecular weight excluding hydrogens is 88.1 g/mol. The maximum Gasteiger partial charge on any atom is 0.0827 e. The Balaban J connectivity index is 2.83. The van der Waals surface area contributed by atoms with Gasteiger partial charge in [0, 0.05) is 0 Å². The normalized spacial score (nSPS) is 14.1. The van der Waals surface area contributed by atoms with Crippen LogP contribution in [0.15, 0.2) is 0 Å². The van der Waals surface area contributed by atoms with E-state index in [1.165, 1.54) is 6.61 Å². The average Bonchev–Trinajstić information content (AvgIpc) is 1.68. The molecule has 1 N–H and O–H groups in total. The summed E-state index contributed by atoms with van der Waals surface area (Å²) in [5.41, 5.74) is 0. The van der Waals surface area contributed by atoms with E-state index in [1.807, 2.05) is 6.92 Å². The molecule has 0 spiro atoms. The predicted molar refractivity (Wildman–Crippen MR) is 30.3 cm³/mol. The lowest BCUT2D eigenvalue weighted by Gasteiger charge is -2.00. The van der Waals surface area contributed by atoms with Gasteiger partial charge < -0.3 is 5.11 Å². The number of aliphatic hydroxyl groups excluding tert-OH is 1. The van der Waals surface area contributed by atoms with Gasteiger partial charge in [-0.25, -0.2) is 0 Å². The Labute approximate surface area is 45.4 Å². The van der Waals surface area contributed by atoms with Crippen molar-refractivity contribution < 1.29 is 5.11 Å². The topological polar surface area (TPSA) is 20.2 Å². The summed E-state index contributed by atoms with van der Waals surface area (Å²) < 4.78 is 0. The highest BCUT2D eigenvalue weighted by molar-refractivity contribution is 4.57. The standard InChI is InChI=1S/C6H13O/c1-3-4-6(2)5-7/h5-7H,3-4H2,1-2H3/t6-/m1/s1. The molecule has 0 fully saturated rings. The molecule has 0 heterocycles. The van der Waals surface area contributed by atoms with Gasteiger partial charge in [0.25, 0.3) is 0 Å². The van der Waals surface area contributed by atoms with Crippen molar-refractivity contribution in [2.45, 2.75) is 26.7 Å². The summed E-state index contributed by atoms with van der Waals surface area (Å²) in [6, 6.07) is 0. The van der Waals surface area contributed by atoms with Crippen LogP contribution in [0.1, 0.15) is 26.7 Å². The Kier molecular flexibility index (Phi) is 4.10. The molecule has 1 atom stereocenters. The van der Waals surface area contributed by atoms with Crippen LogP contribution in [0, 0.1) is 12.5 Å². The molecule has 0 aromatic carbocycles. The van der Waals surface area contributed by atoms with Crippen LogP contribution in [0.5, 0.6) is 0 Å². The van der Waals surface area contributed by atoms with Gasteiger partial charge >= 0.3 is 0 Å². The molecule has 1 heteroatoms. The SMILES string of the molecule is CCC[C@@H](C)[CH]O. The Hall–Kier alpha value is -0.0400. The van der Waals surface area contributed by atoms with Crippen LogP contribution in [0.25, 0.3) is 0 Å². The average molecular weight is 101 g/mol. The van der Waals surface area contributed by atoms with Crippen LogP contribution in [0.4, 0.5) is 0 Å². The molecule has 0 aromatic rings. The fourth-order valence-corrected chi connectivity index (χ4v) is 0.530. The zero-order valence-electron chi connectivity index (χ0n) is 5.02. The smallest absolute Gasteiger partial charge is 0.0827 e. The first-order valence-corrected chi connectivity index (χ1v) is 2.78. The lowest BCUT2D eigenvalue weighted by molar-refractivity contribution is 0.316. The van der Waals surface area contributed by atoms with E-state index in [1.54, 1.807) is 0 Å². The zero-order chi connectivity index (χ0) is 5.70. The molecule has 0 aliphatic heterocycles.